The maximum Gasteiger partial charge on any atom is 0.414 e. The number of hydrogen-bond donors (Lipinski definition) is 2. The van der Waals surface area contributed by atoms with E-state index in [1.807, 2.05) is 4.90 Å². The van der Waals surface area contributed by atoms with Gasteiger partial charge in [0.05, 0.1) is 31.0 Å². The molecule has 0 aliphatic carbocycles. The van der Waals surface area contributed by atoms with Crippen LogP contribution in [-0.4, -0.2) is 56.0 Å². The molecule has 1 aromatic carbocycles. The molecule has 3 rings (SSSR count). The number of amides is 2. The number of nitrogens with one attached hydrogen (secondary N) is 1. The van der Waals surface area contributed by atoms with Crippen LogP contribution in [0.2, 0.25) is 0 Å². The minimum Gasteiger partial charge on any atom is -0.442 e. The zero-order chi connectivity index (χ0) is 20.1. The third kappa shape index (κ3) is 4.40. The molecule has 0 unspecified atom stereocenters. The second kappa shape index (κ2) is 8.71. The standard InChI is InChI=1S/C19H21FN4O4/c1-21-9-13-4-6-23(7-5-13)17-3-2-14(8-16(17)20)24-11-15(28-19(24)27)10-22-18(26)12-25/h2-3,8-9,15,25H,4-7,10-12H2,(H,22,26)/t15-/m0/s1. The molecule has 0 bridgehead atoms. The van der Waals surface area contributed by atoms with Crippen LogP contribution in [0.1, 0.15) is 12.8 Å². The van der Waals surface area contributed by atoms with E-state index in [0.717, 1.165) is 18.4 Å². The molecule has 8 nitrogen and oxygen atoms in total. The van der Waals surface area contributed by atoms with Crippen LogP contribution in [0.25, 0.3) is 4.85 Å². The number of carbonyl (C=O) groups excluding carboxylic acids is 2. The summed E-state index contributed by atoms with van der Waals surface area (Å²) >= 11 is 0. The molecular weight excluding hydrogens is 367 g/mol. The average molecular weight is 388 g/mol. The Morgan fingerprint density at radius 3 is 2.82 bits per heavy atom. The molecule has 1 atom stereocenters. The quantitative estimate of drug-likeness (QED) is 0.750. The lowest BCUT2D eigenvalue weighted by atomic mass is 10.0. The van der Waals surface area contributed by atoms with Gasteiger partial charge in [-0.1, -0.05) is 5.57 Å². The number of nitrogens with zero attached hydrogens (tertiary/aromatic N) is 3. The van der Waals surface area contributed by atoms with Gasteiger partial charge in [0, 0.05) is 13.1 Å². The first kappa shape index (κ1) is 19.6. The molecule has 2 aliphatic heterocycles. The van der Waals surface area contributed by atoms with Gasteiger partial charge in [-0.25, -0.2) is 14.0 Å². The van der Waals surface area contributed by atoms with Gasteiger partial charge in [-0.05, 0) is 31.0 Å². The van der Waals surface area contributed by atoms with E-state index in [4.69, 9.17) is 16.4 Å². The predicted octanol–water partition coefficient (Wildman–Crippen LogP) is 1.66. The predicted molar refractivity (Wildman–Crippen MR) is 100 cm³/mol. The Balaban J connectivity index is 1.64. The molecular formula is C19H21FN4O4. The van der Waals surface area contributed by atoms with Gasteiger partial charge in [-0.15, -0.1) is 0 Å². The Hall–Kier alpha value is -3.12. The van der Waals surface area contributed by atoms with Crippen molar-refractivity contribution < 1.29 is 23.8 Å². The summed E-state index contributed by atoms with van der Waals surface area (Å²) in [5.74, 6) is -0.985. The van der Waals surface area contributed by atoms with Crippen molar-refractivity contribution in [2.45, 2.75) is 18.9 Å². The Labute approximate surface area is 162 Å². The Morgan fingerprint density at radius 2 is 2.18 bits per heavy atom. The zero-order valence-corrected chi connectivity index (χ0v) is 15.2. The highest BCUT2D eigenvalue weighted by atomic mass is 19.1. The number of hydrogen-bond acceptors (Lipinski definition) is 5. The second-order valence-corrected chi connectivity index (χ2v) is 6.62. The zero-order valence-electron chi connectivity index (χ0n) is 15.2. The molecule has 148 valence electrons. The molecule has 2 N–H and O–H groups in total. The summed E-state index contributed by atoms with van der Waals surface area (Å²) in [5, 5.41) is 11.2. The molecule has 2 heterocycles. The van der Waals surface area contributed by atoms with Gasteiger partial charge in [-0.2, -0.15) is 0 Å². The number of benzene rings is 1. The number of aliphatic hydroxyl groups is 1. The van der Waals surface area contributed by atoms with Crippen molar-refractivity contribution in [1.82, 2.24) is 5.32 Å². The van der Waals surface area contributed by atoms with Gasteiger partial charge in [0.1, 0.15) is 18.5 Å². The summed E-state index contributed by atoms with van der Waals surface area (Å²) in [6.45, 7) is 7.77. The Kier molecular flexibility index (Phi) is 6.11. The number of rotatable bonds is 5. The van der Waals surface area contributed by atoms with Crippen LogP contribution in [0.15, 0.2) is 30.0 Å². The Morgan fingerprint density at radius 1 is 1.43 bits per heavy atom. The fraction of sp³-hybridized carbons (Fsp3) is 0.421. The summed E-state index contributed by atoms with van der Waals surface area (Å²) in [7, 11) is 0. The van der Waals surface area contributed by atoms with Crippen molar-refractivity contribution in [1.29, 1.82) is 0 Å². The second-order valence-electron chi connectivity index (χ2n) is 6.62. The third-order valence-electron chi connectivity index (χ3n) is 4.78. The molecule has 0 aromatic heterocycles. The number of anilines is 2. The van der Waals surface area contributed by atoms with Gasteiger partial charge >= 0.3 is 6.09 Å². The fourth-order valence-corrected chi connectivity index (χ4v) is 3.30. The van der Waals surface area contributed by atoms with Crippen molar-refractivity contribution in [3.8, 4) is 0 Å². The van der Waals surface area contributed by atoms with Gasteiger partial charge < -0.3 is 20.1 Å². The summed E-state index contributed by atoms with van der Waals surface area (Å²) in [5.41, 5.74) is 1.92. The number of piperidine rings is 1. The molecule has 28 heavy (non-hydrogen) atoms. The largest absolute Gasteiger partial charge is 0.442 e. The lowest BCUT2D eigenvalue weighted by molar-refractivity contribution is -0.124. The first-order chi connectivity index (χ1) is 13.5. The van der Waals surface area contributed by atoms with Gasteiger partial charge in [0.2, 0.25) is 5.91 Å². The molecule has 9 heteroatoms. The smallest absolute Gasteiger partial charge is 0.414 e. The fourth-order valence-electron chi connectivity index (χ4n) is 3.30. The van der Waals surface area contributed by atoms with Crippen LogP contribution in [0.3, 0.4) is 0 Å². The van der Waals surface area contributed by atoms with E-state index in [2.05, 4.69) is 10.2 Å². The van der Waals surface area contributed by atoms with Crippen LogP contribution in [0.5, 0.6) is 0 Å². The lowest BCUT2D eigenvalue weighted by Gasteiger charge is -2.31. The Bertz CT molecular complexity index is 826. The highest BCUT2D eigenvalue weighted by molar-refractivity contribution is 5.90. The monoisotopic (exact) mass is 388 g/mol. The molecule has 2 saturated heterocycles. The molecule has 0 radical (unpaired) electrons. The van der Waals surface area contributed by atoms with Crippen LogP contribution in [0.4, 0.5) is 20.6 Å². The minimum absolute atomic E-state index is 0.0798. The van der Waals surface area contributed by atoms with Crippen molar-refractivity contribution in [2.75, 3.05) is 42.6 Å². The maximum atomic E-state index is 14.7. The van der Waals surface area contributed by atoms with Crippen molar-refractivity contribution in [2.24, 2.45) is 0 Å². The van der Waals surface area contributed by atoms with Crippen molar-refractivity contribution >= 4 is 23.4 Å². The first-order valence-corrected chi connectivity index (χ1v) is 8.96. The van der Waals surface area contributed by atoms with Gasteiger partial charge in [-0.3, -0.25) is 9.69 Å². The van der Waals surface area contributed by atoms with Crippen LogP contribution >= 0.6 is 0 Å². The van der Waals surface area contributed by atoms with Crippen LogP contribution < -0.4 is 15.1 Å². The highest BCUT2D eigenvalue weighted by Crippen LogP contribution is 2.30. The third-order valence-corrected chi connectivity index (χ3v) is 4.78. The summed E-state index contributed by atoms with van der Waals surface area (Å²) in [6, 6.07) is 4.61. The molecule has 2 amide bonds. The van der Waals surface area contributed by atoms with E-state index in [1.54, 1.807) is 12.1 Å². The maximum absolute atomic E-state index is 14.7. The van der Waals surface area contributed by atoms with E-state index >= 15 is 0 Å². The highest BCUT2D eigenvalue weighted by Gasteiger charge is 2.33. The van der Waals surface area contributed by atoms with Crippen molar-refractivity contribution in [3.05, 3.63) is 47.2 Å². The van der Waals surface area contributed by atoms with Crippen molar-refractivity contribution in [3.63, 3.8) is 0 Å². The molecule has 2 aliphatic rings. The van der Waals surface area contributed by atoms with E-state index < -0.39 is 30.5 Å². The number of ether oxygens (including phenoxy) is 1. The van der Waals surface area contributed by atoms with E-state index in [1.165, 1.54) is 17.2 Å². The number of halogens is 1. The SMILES string of the molecule is [C-]#[N+]C=C1CCN(c2ccc(N3C[C@H](CNC(=O)CO)OC3=O)cc2F)CC1. The van der Waals surface area contributed by atoms with Gasteiger partial charge in [0.15, 0.2) is 6.20 Å². The molecule has 0 spiro atoms. The first-order valence-electron chi connectivity index (χ1n) is 8.96. The van der Waals surface area contributed by atoms with Gasteiger partial charge in [0.25, 0.3) is 0 Å². The number of carbonyl (C=O) groups is 2. The summed E-state index contributed by atoms with van der Waals surface area (Å²) in [4.78, 5) is 29.7. The summed E-state index contributed by atoms with van der Waals surface area (Å²) in [6.07, 6.45) is 1.81. The van der Waals surface area contributed by atoms with Crippen LogP contribution in [-0.2, 0) is 9.53 Å². The molecule has 0 saturated carbocycles. The topological polar surface area (TPSA) is 86.5 Å². The minimum atomic E-state index is -0.636. The van der Waals surface area contributed by atoms with Crippen LogP contribution in [0, 0.1) is 12.4 Å². The van der Waals surface area contributed by atoms with E-state index in [9.17, 15) is 14.0 Å². The summed E-state index contributed by atoms with van der Waals surface area (Å²) < 4.78 is 19.9. The molecule has 2 fully saturated rings. The van der Waals surface area contributed by atoms with E-state index in [-0.39, 0.29) is 13.1 Å². The lowest BCUT2D eigenvalue weighted by Crippen LogP contribution is -2.36. The molecule has 1 aromatic rings. The normalized spacial score (nSPS) is 19.2. The average Bonchev–Trinajstić information content (AvgIpc) is 3.07. The van der Waals surface area contributed by atoms with E-state index in [0.29, 0.717) is 24.5 Å². The number of aliphatic hydroxyl groups excluding tert-OH is 1. The number of cyclic esters (lactones) is 1.